The largest absolute Gasteiger partial charge is 0.497 e. The number of anilines is 1. The number of aryl methyl sites for hydroxylation is 1. The summed E-state index contributed by atoms with van der Waals surface area (Å²) < 4.78 is 10.4. The summed E-state index contributed by atoms with van der Waals surface area (Å²) >= 11 is 1.33. The molecule has 1 N–H and O–H groups in total. The second-order valence-electron chi connectivity index (χ2n) is 5.28. The zero-order valence-corrected chi connectivity index (χ0v) is 14.9. The highest BCUT2D eigenvalue weighted by atomic mass is 32.1. The van der Waals surface area contributed by atoms with E-state index in [0.29, 0.717) is 22.2 Å². The van der Waals surface area contributed by atoms with Crippen molar-refractivity contribution in [2.75, 3.05) is 19.5 Å². The minimum atomic E-state index is -0.301. The van der Waals surface area contributed by atoms with E-state index < -0.39 is 0 Å². The molecule has 2 aromatic carbocycles. The van der Waals surface area contributed by atoms with Gasteiger partial charge in [-0.15, -0.1) is 10.2 Å². The van der Waals surface area contributed by atoms with Gasteiger partial charge in [-0.3, -0.25) is 10.1 Å². The van der Waals surface area contributed by atoms with Crippen molar-refractivity contribution < 1.29 is 14.3 Å². The van der Waals surface area contributed by atoms with E-state index in [4.69, 9.17) is 9.47 Å². The van der Waals surface area contributed by atoms with Gasteiger partial charge >= 0.3 is 0 Å². The van der Waals surface area contributed by atoms with Crippen molar-refractivity contribution in [1.29, 1.82) is 0 Å². The van der Waals surface area contributed by atoms with Gasteiger partial charge in [-0.25, -0.2) is 0 Å². The van der Waals surface area contributed by atoms with E-state index >= 15 is 0 Å². The standard InChI is InChI=1S/C18H17N3O3S/c1-11-6-4-5-7-15(11)17-20-21-18(25-17)19-16(22)12-8-13(23-2)10-14(9-12)24-3/h4-10H,1-3H3,(H,19,21,22). The number of rotatable bonds is 5. The summed E-state index contributed by atoms with van der Waals surface area (Å²) in [6.07, 6.45) is 0. The number of aromatic nitrogens is 2. The molecule has 7 heteroatoms. The Hall–Kier alpha value is -2.93. The fraction of sp³-hybridized carbons (Fsp3) is 0.167. The lowest BCUT2D eigenvalue weighted by Gasteiger charge is -2.07. The van der Waals surface area contributed by atoms with Crippen molar-refractivity contribution in [2.24, 2.45) is 0 Å². The van der Waals surface area contributed by atoms with Crippen LogP contribution in [0.5, 0.6) is 11.5 Å². The second kappa shape index (κ2) is 7.31. The first kappa shape index (κ1) is 16.9. The number of hydrogen-bond donors (Lipinski definition) is 1. The minimum Gasteiger partial charge on any atom is -0.497 e. The van der Waals surface area contributed by atoms with Gasteiger partial charge in [0.1, 0.15) is 16.5 Å². The van der Waals surface area contributed by atoms with E-state index in [9.17, 15) is 4.79 Å². The normalized spacial score (nSPS) is 10.4. The molecule has 0 aliphatic heterocycles. The van der Waals surface area contributed by atoms with E-state index in [-0.39, 0.29) is 5.91 Å². The van der Waals surface area contributed by atoms with Crippen molar-refractivity contribution in [1.82, 2.24) is 10.2 Å². The van der Waals surface area contributed by atoms with Gasteiger partial charge in [0.2, 0.25) is 5.13 Å². The Morgan fingerprint density at radius 1 is 1.04 bits per heavy atom. The Balaban J connectivity index is 1.82. The van der Waals surface area contributed by atoms with E-state index in [1.54, 1.807) is 18.2 Å². The third-order valence-electron chi connectivity index (χ3n) is 3.63. The van der Waals surface area contributed by atoms with Crippen LogP contribution in [-0.2, 0) is 0 Å². The summed E-state index contributed by atoms with van der Waals surface area (Å²) in [7, 11) is 3.07. The number of nitrogens with zero attached hydrogens (tertiary/aromatic N) is 2. The first-order chi connectivity index (χ1) is 12.1. The highest BCUT2D eigenvalue weighted by molar-refractivity contribution is 7.18. The summed E-state index contributed by atoms with van der Waals surface area (Å²) in [5.74, 6) is 0.786. The predicted octanol–water partition coefficient (Wildman–Crippen LogP) is 3.78. The Morgan fingerprint density at radius 2 is 1.72 bits per heavy atom. The molecule has 3 aromatic rings. The monoisotopic (exact) mass is 355 g/mol. The number of benzene rings is 2. The summed E-state index contributed by atoms with van der Waals surface area (Å²) in [4.78, 5) is 12.5. The number of hydrogen-bond acceptors (Lipinski definition) is 6. The maximum Gasteiger partial charge on any atom is 0.257 e. The zero-order valence-electron chi connectivity index (χ0n) is 14.1. The molecule has 0 unspecified atom stereocenters. The van der Waals surface area contributed by atoms with Crippen LogP contribution in [0.4, 0.5) is 5.13 Å². The summed E-state index contributed by atoms with van der Waals surface area (Å²) in [5, 5.41) is 12.2. The smallest absolute Gasteiger partial charge is 0.257 e. The average molecular weight is 355 g/mol. The number of ether oxygens (including phenoxy) is 2. The van der Waals surface area contributed by atoms with Crippen LogP contribution in [0.3, 0.4) is 0 Å². The van der Waals surface area contributed by atoms with Crippen molar-refractivity contribution in [3.8, 4) is 22.1 Å². The summed E-state index contributed by atoms with van der Waals surface area (Å²) in [5.41, 5.74) is 2.53. The fourth-order valence-electron chi connectivity index (χ4n) is 2.30. The number of amides is 1. The molecule has 0 saturated carbocycles. The van der Waals surface area contributed by atoms with Crippen LogP contribution in [0.1, 0.15) is 15.9 Å². The molecule has 0 saturated heterocycles. The van der Waals surface area contributed by atoms with Gasteiger partial charge < -0.3 is 9.47 Å². The van der Waals surface area contributed by atoms with E-state index in [1.165, 1.54) is 25.6 Å². The average Bonchev–Trinajstić information content (AvgIpc) is 3.09. The van der Waals surface area contributed by atoms with Crippen LogP contribution in [0.25, 0.3) is 10.6 Å². The van der Waals surface area contributed by atoms with Gasteiger partial charge in [0.05, 0.1) is 14.2 Å². The quantitative estimate of drug-likeness (QED) is 0.754. The summed E-state index contributed by atoms with van der Waals surface area (Å²) in [6.45, 7) is 2.01. The van der Waals surface area contributed by atoms with Gasteiger partial charge in [-0.1, -0.05) is 35.6 Å². The van der Waals surface area contributed by atoms with E-state index in [1.807, 2.05) is 31.2 Å². The maximum atomic E-state index is 12.5. The molecule has 128 valence electrons. The van der Waals surface area contributed by atoms with E-state index in [0.717, 1.165) is 16.1 Å². The van der Waals surface area contributed by atoms with Gasteiger partial charge in [0.15, 0.2) is 0 Å². The lowest BCUT2D eigenvalue weighted by atomic mass is 10.1. The number of nitrogens with one attached hydrogen (secondary N) is 1. The van der Waals surface area contributed by atoms with Crippen LogP contribution >= 0.6 is 11.3 Å². The molecule has 1 amide bonds. The van der Waals surface area contributed by atoms with E-state index in [2.05, 4.69) is 15.5 Å². The van der Waals surface area contributed by atoms with Crippen LogP contribution in [0.2, 0.25) is 0 Å². The molecule has 3 rings (SSSR count). The molecular weight excluding hydrogens is 338 g/mol. The molecule has 0 aliphatic rings. The van der Waals surface area contributed by atoms with Crippen LogP contribution in [-0.4, -0.2) is 30.3 Å². The molecule has 0 fully saturated rings. The van der Waals surface area contributed by atoms with Crippen molar-refractivity contribution in [2.45, 2.75) is 6.92 Å². The molecule has 6 nitrogen and oxygen atoms in total. The Morgan fingerprint density at radius 3 is 2.36 bits per heavy atom. The fourth-order valence-corrected chi connectivity index (χ4v) is 3.13. The molecule has 0 radical (unpaired) electrons. The topological polar surface area (TPSA) is 73.3 Å². The van der Waals surface area contributed by atoms with Crippen molar-refractivity contribution in [3.05, 3.63) is 53.6 Å². The predicted molar refractivity (Wildman–Crippen MR) is 97.6 cm³/mol. The van der Waals surface area contributed by atoms with Crippen molar-refractivity contribution >= 4 is 22.4 Å². The third kappa shape index (κ3) is 3.77. The molecular formula is C18H17N3O3S. The highest BCUT2D eigenvalue weighted by Crippen LogP contribution is 2.29. The third-order valence-corrected chi connectivity index (χ3v) is 4.51. The Kier molecular flexibility index (Phi) is 4.95. The highest BCUT2D eigenvalue weighted by Gasteiger charge is 2.14. The van der Waals surface area contributed by atoms with Gasteiger partial charge in [0, 0.05) is 17.2 Å². The lowest BCUT2D eigenvalue weighted by molar-refractivity contribution is 0.102. The molecule has 25 heavy (non-hydrogen) atoms. The molecule has 0 atom stereocenters. The molecule has 1 aromatic heterocycles. The van der Waals surface area contributed by atoms with Crippen molar-refractivity contribution in [3.63, 3.8) is 0 Å². The first-order valence-electron chi connectivity index (χ1n) is 7.54. The second-order valence-corrected chi connectivity index (χ2v) is 6.26. The van der Waals surface area contributed by atoms with Crippen LogP contribution in [0.15, 0.2) is 42.5 Å². The number of carbonyl (C=O) groups is 1. The first-order valence-corrected chi connectivity index (χ1v) is 8.36. The SMILES string of the molecule is COc1cc(OC)cc(C(=O)Nc2nnc(-c3ccccc3C)s2)c1. The van der Waals surface area contributed by atoms with Gasteiger partial charge in [-0.05, 0) is 24.6 Å². The number of carbonyl (C=O) groups excluding carboxylic acids is 1. The Bertz CT molecular complexity index is 886. The molecule has 0 aliphatic carbocycles. The van der Waals surface area contributed by atoms with Crippen LogP contribution in [0, 0.1) is 6.92 Å². The molecule has 0 bridgehead atoms. The summed E-state index contributed by atoms with van der Waals surface area (Å²) in [6, 6.07) is 12.9. The lowest BCUT2D eigenvalue weighted by Crippen LogP contribution is -2.12. The van der Waals surface area contributed by atoms with Gasteiger partial charge in [-0.2, -0.15) is 0 Å². The van der Waals surface area contributed by atoms with Crippen LogP contribution < -0.4 is 14.8 Å². The molecule has 1 heterocycles. The zero-order chi connectivity index (χ0) is 17.8. The number of methoxy groups -OCH3 is 2. The molecule has 0 spiro atoms. The maximum absolute atomic E-state index is 12.5. The van der Waals surface area contributed by atoms with Gasteiger partial charge in [0.25, 0.3) is 5.91 Å². The minimum absolute atomic E-state index is 0.301. The Labute approximate surface area is 149 Å².